The van der Waals surface area contributed by atoms with Gasteiger partial charge in [0.05, 0.1) is 18.8 Å². The first-order valence-corrected chi connectivity index (χ1v) is 6.21. The fourth-order valence-electron chi connectivity index (χ4n) is 2.22. The van der Waals surface area contributed by atoms with E-state index in [0.29, 0.717) is 6.61 Å². The topological polar surface area (TPSA) is 38.7 Å². The molecule has 1 aromatic rings. The molecule has 1 heterocycles. The zero-order valence-electron chi connectivity index (χ0n) is 10.3. The van der Waals surface area contributed by atoms with Gasteiger partial charge in [0.1, 0.15) is 6.10 Å². The lowest BCUT2D eigenvalue weighted by molar-refractivity contribution is -0.115. The minimum Gasteiger partial charge on any atom is -0.393 e. The van der Waals surface area contributed by atoms with Gasteiger partial charge >= 0.3 is 0 Å². The molecule has 94 valence electrons. The Morgan fingerprint density at radius 2 is 2.18 bits per heavy atom. The predicted octanol–water partition coefficient (Wildman–Crippen LogP) is 2.31. The molecule has 1 fully saturated rings. The van der Waals surface area contributed by atoms with Gasteiger partial charge in [-0.05, 0) is 12.0 Å². The van der Waals surface area contributed by atoms with Crippen LogP contribution in [0.2, 0.25) is 0 Å². The van der Waals surface area contributed by atoms with E-state index in [9.17, 15) is 5.11 Å². The van der Waals surface area contributed by atoms with Crippen LogP contribution in [0.1, 0.15) is 31.4 Å². The second kappa shape index (κ2) is 5.63. The van der Waals surface area contributed by atoms with E-state index in [0.717, 1.165) is 25.0 Å². The van der Waals surface area contributed by atoms with Crippen molar-refractivity contribution in [3.8, 4) is 0 Å². The Balaban J connectivity index is 2.09. The van der Waals surface area contributed by atoms with Crippen molar-refractivity contribution in [3.05, 3.63) is 35.9 Å². The van der Waals surface area contributed by atoms with Crippen LogP contribution in [-0.4, -0.2) is 30.5 Å². The smallest absolute Gasteiger partial charge is 0.106 e. The summed E-state index contributed by atoms with van der Waals surface area (Å²) in [6.45, 7) is 3.49. The molecular weight excluding hydrogens is 216 g/mol. The van der Waals surface area contributed by atoms with E-state index in [4.69, 9.17) is 9.47 Å². The van der Waals surface area contributed by atoms with Crippen molar-refractivity contribution < 1.29 is 14.6 Å². The molecule has 1 aliphatic rings. The molecule has 0 amide bonds. The summed E-state index contributed by atoms with van der Waals surface area (Å²) in [7, 11) is 0. The first kappa shape index (κ1) is 12.6. The van der Waals surface area contributed by atoms with Crippen LogP contribution >= 0.6 is 0 Å². The van der Waals surface area contributed by atoms with Crippen LogP contribution < -0.4 is 0 Å². The molecule has 2 unspecified atom stereocenters. The minimum atomic E-state index is -0.252. The fourth-order valence-corrected chi connectivity index (χ4v) is 2.22. The summed E-state index contributed by atoms with van der Waals surface area (Å²) in [5, 5.41) is 9.48. The first-order chi connectivity index (χ1) is 8.29. The number of ether oxygens (including phenoxy) is 2. The van der Waals surface area contributed by atoms with Gasteiger partial charge < -0.3 is 14.6 Å². The van der Waals surface area contributed by atoms with Gasteiger partial charge in [-0.3, -0.25) is 0 Å². The average Bonchev–Trinajstić information content (AvgIpc) is 2.86. The Bertz CT molecular complexity index is 331. The van der Waals surface area contributed by atoms with Gasteiger partial charge in [-0.1, -0.05) is 37.3 Å². The maximum absolute atomic E-state index is 9.48. The SMILES string of the molecule is CCC1(OC(CO)c2ccccc2)CCOC1. The Morgan fingerprint density at radius 3 is 2.71 bits per heavy atom. The van der Waals surface area contributed by atoms with E-state index < -0.39 is 0 Å². The summed E-state index contributed by atoms with van der Waals surface area (Å²) in [5.41, 5.74) is 0.804. The standard InChI is InChI=1S/C14H20O3/c1-2-14(8-9-16-11-14)17-13(10-15)12-6-4-3-5-7-12/h3-7,13,15H,2,8-11H2,1H3. The molecule has 1 aromatic carbocycles. The van der Waals surface area contributed by atoms with Crippen molar-refractivity contribution in [1.82, 2.24) is 0 Å². The zero-order valence-corrected chi connectivity index (χ0v) is 10.3. The predicted molar refractivity (Wildman–Crippen MR) is 65.8 cm³/mol. The lowest BCUT2D eigenvalue weighted by Gasteiger charge is -2.31. The van der Waals surface area contributed by atoms with E-state index in [2.05, 4.69) is 6.92 Å². The number of aliphatic hydroxyl groups is 1. The fraction of sp³-hybridized carbons (Fsp3) is 0.571. The van der Waals surface area contributed by atoms with Crippen molar-refractivity contribution in [3.63, 3.8) is 0 Å². The maximum Gasteiger partial charge on any atom is 0.106 e. The van der Waals surface area contributed by atoms with Crippen molar-refractivity contribution in [2.75, 3.05) is 19.8 Å². The highest BCUT2D eigenvalue weighted by Crippen LogP contribution is 2.32. The molecule has 0 aromatic heterocycles. The maximum atomic E-state index is 9.48. The monoisotopic (exact) mass is 236 g/mol. The third-order valence-electron chi connectivity index (χ3n) is 3.44. The lowest BCUT2D eigenvalue weighted by Crippen LogP contribution is -2.34. The molecule has 3 heteroatoms. The Labute approximate surface area is 102 Å². The summed E-state index contributed by atoms with van der Waals surface area (Å²) in [5.74, 6) is 0. The third kappa shape index (κ3) is 2.86. The van der Waals surface area contributed by atoms with Crippen LogP contribution in [0.15, 0.2) is 30.3 Å². The van der Waals surface area contributed by atoms with Gasteiger partial charge in [0, 0.05) is 13.0 Å². The van der Waals surface area contributed by atoms with Crippen molar-refractivity contribution in [1.29, 1.82) is 0 Å². The molecule has 2 atom stereocenters. The number of aliphatic hydroxyl groups excluding tert-OH is 1. The highest BCUT2D eigenvalue weighted by atomic mass is 16.6. The van der Waals surface area contributed by atoms with E-state index in [-0.39, 0.29) is 18.3 Å². The number of hydrogen-bond donors (Lipinski definition) is 1. The van der Waals surface area contributed by atoms with Gasteiger partial charge in [0.25, 0.3) is 0 Å². The third-order valence-corrected chi connectivity index (χ3v) is 3.44. The average molecular weight is 236 g/mol. The molecule has 1 saturated heterocycles. The Morgan fingerprint density at radius 1 is 1.41 bits per heavy atom. The van der Waals surface area contributed by atoms with Gasteiger partial charge in [-0.15, -0.1) is 0 Å². The van der Waals surface area contributed by atoms with Crippen LogP contribution in [0.4, 0.5) is 0 Å². The summed E-state index contributed by atoms with van der Waals surface area (Å²) in [6, 6.07) is 9.86. The van der Waals surface area contributed by atoms with Gasteiger partial charge in [0.15, 0.2) is 0 Å². The minimum absolute atomic E-state index is 0.00572. The zero-order chi connectivity index (χ0) is 12.1. The summed E-state index contributed by atoms with van der Waals surface area (Å²) in [4.78, 5) is 0. The van der Waals surface area contributed by atoms with E-state index >= 15 is 0 Å². The molecule has 1 N–H and O–H groups in total. The van der Waals surface area contributed by atoms with Crippen molar-refractivity contribution in [2.24, 2.45) is 0 Å². The molecule has 0 bridgehead atoms. The summed E-state index contributed by atoms with van der Waals surface area (Å²) >= 11 is 0. The van der Waals surface area contributed by atoms with Gasteiger partial charge in [-0.25, -0.2) is 0 Å². The number of benzene rings is 1. The lowest BCUT2D eigenvalue weighted by atomic mass is 9.98. The molecule has 1 aliphatic heterocycles. The largest absolute Gasteiger partial charge is 0.393 e. The Kier molecular flexibility index (Phi) is 4.15. The van der Waals surface area contributed by atoms with E-state index in [1.54, 1.807) is 0 Å². The van der Waals surface area contributed by atoms with E-state index in [1.165, 1.54) is 0 Å². The van der Waals surface area contributed by atoms with Crippen LogP contribution in [-0.2, 0) is 9.47 Å². The summed E-state index contributed by atoms with van der Waals surface area (Å²) in [6.07, 6.45) is 1.57. The highest BCUT2D eigenvalue weighted by molar-refractivity contribution is 5.18. The van der Waals surface area contributed by atoms with E-state index in [1.807, 2.05) is 30.3 Å². The molecular formula is C14H20O3. The molecule has 3 nitrogen and oxygen atoms in total. The van der Waals surface area contributed by atoms with Crippen LogP contribution in [0, 0.1) is 0 Å². The number of rotatable bonds is 5. The highest BCUT2D eigenvalue weighted by Gasteiger charge is 2.36. The first-order valence-electron chi connectivity index (χ1n) is 6.21. The van der Waals surface area contributed by atoms with Crippen LogP contribution in [0.5, 0.6) is 0 Å². The normalized spacial score (nSPS) is 26.0. The molecule has 17 heavy (non-hydrogen) atoms. The van der Waals surface area contributed by atoms with Gasteiger partial charge in [0.2, 0.25) is 0 Å². The second-order valence-electron chi connectivity index (χ2n) is 4.54. The molecule has 0 spiro atoms. The van der Waals surface area contributed by atoms with Gasteiger partial charge in [-0.2, -0.15) is 0 Å². The van der Waals surface area contributed by atoms with Crippen LogP contribution in [0.25, 0.3) is 0 Å². The summed E-state index contributed by atoms with van der Waals surface area (Å²) < 4.78 is 11.5. The molecule has 0 radical (unpaired) electrons. The van der Waals surface area contributed by atoms with Crippen molar-refractivity contribution >= 4 is 0 Å². The Hall–Kier alpha value is -0.900. The second-order valence-corrected chi connectivity index (χ2v) is 4.54. The quantitative estimate of drug-likeness (QED) is 0.852. The van der Waals surface area contributed by atoms with Crippen LogP contribution in [0.3, 0.4) is 0 Å². The molecule has 0 saturated carbocycles. The molecule has 0 aliphatic carbocycles. The molecule has 2 rings (SSSR count). The van der Waals surface area contributed by atoms with Crippen molar-refractivity contribution in [2.45, 2.75) is 31.5 Å². The number of hydrogen-bond acceptors (Lipinski definition) is 3.